The molecule has 0 aliphatic carbocycles. The minimum absolute atomic E-state index is 0.732. The Morgan fingerprint density at radius 3 is 2.25 bits per heavy atom. The Labute approximate surface area is 71.1 Å². The van der Waals surface area contributed by atoms with Crippen LogP contribution in [0.1, 0.15) is 5.56 Å². The van der Waals surface area contributed by atoms with Gasteiger partial charge in [-0.3, -0.25) is 4.55 Å². The maximum Gasteiger partial charge on any atom is 0.287 e. The second kappa shape index (κ2) is 3.51. The predicted molar refractivity (Wildman–Crippen MR) is 47.0 cm³/mol. The van der Waals surface area contributed by atoms with E-state index >= 15 is 0 Å². The molecule has 0 unspecified atom stereocenters. The molecule has 0 bridgehead atoms. The van der Waals surface area contributed by atoms with E-state index in [4.69, 9.17) is 4.55 Å². The summed E-state index contributed by atoms with van der Waals surface area (Å²) in [5.74, 6) is 0. The zero-order valence-corrected chi connectivity index (χ0v) is 7.03. The maximum absolute atomic E-state index is 10.3. The van der Waals surface area contributed by atoms with Crippen molar-refractivity contribution in [2.45, 2.75) is 0 Å². The highest BCUT2D eigenvalue weighted by Gasteiger charge is 1.94. The van der Waals surface area contributed by atoms with Crippen LogP contribution in [-0.4, -0.2) is 13.0 Å². The van der Waals surface area contributed by atoms with Crippen LogP contribution in [0.15, 0.2) is 35.7 Å². The minimum atomic E-state index is -4.00. The lowest BCUT2D eigenvalue weighted by atomic mass is 10.2. The van der Waals surface area contributed by atoms with E-state index in [0.717, 1.165) is 11.0 Å². The smallest absolute Gasteiger partial charge is 0.282 e. The molecular weight excluding hydrogens is 176 g/mol. The topological polar surface area (TPSA) is 54.4 Å². The first-order valence-electron chi connectivity index (χ1n) is 3.28. The molecule has 0 radical (unpaired) electrons. The number of hydrogen-bond acceptors (Lipinski definition) is 2. The molecule has 12 heavy (non-hydrogen) atoms. The van der Waals surface area contributed by atoms with Crippen molar-refractivity contribution < 1.29 is 13.0 Å². The zero-order chi connectivity index (χ0) is 9.03. The average Bonchev–Trinajstić information content (AvgIpc) is 2.02. The molecule has 0 spiro atoms. The summed E-state index contributed by atoms with van der Waals surface area (Å²) in [6, 6.07) is 8.86. The van der Waals surface area contributed by atoms with Gasteiger partial charge in [0, 0.05) is 0 Å². The summed E-state index contributed by atoms with van der Waals surface area (Å²) < 4.78 is 28.9. The highest BCUT2D eigenvalue weighted by Crippen LogP contribution is 2.01. The van der Waals surface area contributed by atoms with Gasteiger partial charge in [0.05, 0.1) is 5.41 Å². The third-order valence-corrected chi connectivity index (χ3v) is 1.71. The molecule has 0 aromatic heterocycles. The average molecular weight is 184 g/mol. The monoisotopic (exact) mass is 184 g/mol. The lowest BCUT2D eigenvalue weighted by Gasteiger charge is -1.89. The molecule has 4 heteroatoms. The van der Waals surface area contributed by atoms with E-state index in [0.29, 0.717) is 0 Å². The molecule has 0 aliphatic heterocycles. The van der Waals surface area contributed by atoms with Crippen molar-refractivity contribution in [2.24, 2.45) is 0 Å². The summed E-state index contributed by atoms with van der Waals surface area (Å²) in [5.41, 5.74) is 0.732. The van der Waals surface area contributed by atoms with Gasteiger partial charge >= 0.3 is 0 Å². The summed E-state index contributed by atoms with van der Waals surface area (Å²) in [7, 11) is -4.00. The van der Waals surface area contributed by atoms with E-state index in [2.05, 4.69) is 0 Å². The van der Waals surface area contributed by atoms with Gasteiger partial charge in [-0.1, -0.05) is 30.3 Å². The van der Waals surface area contributed by atoms with E-state index in [9.17, 15) is 8.42 Å². The first-order chi connectivity index (χ1) is 5.58. The normalized spacial score (nSPS) is 12.1. The van der Waals surface area contributed by atoms with Crippen LogP contribution in [0, 0.1) is 0 Å². The summed E-state index contributed by atoms with van der Waals surface area (Å²) in [5, 5.41) is 0.752. The van der Waals surface area contributed by atoms with Gasteiger partial charge in [0.25, 0.3) is 10.1 Å². The van der Waals surface area contributed by atoms with E-state index < -0.39 is 10.1 Å². The van der Waals surface area contributed by atoms with Gasteiger partial charge in [0.2, 0.25) is 0 Å². The Balaban J connectivity index is 2.85. The van der Waals surface area contributed by atoms with Crippen molar-refractivity contribution in [2.75, 3.05) is 0 Å². The molecule has 0 saturated heterocycles. The van der Waals surface area contributed by atoms with E-state index in [-0.39, 0.29) is 0 Å². The Morgan fingerprint density at radius 1 is 1.17 bits per heavy atom. The molecule has 1 rings (SSSR count). The molecule has 3 nitrogen and oxygen atoms in total. The molecule has 0 heterocycles. The molecule has 1 aromatic carbocycles. The van der Waals surface area contributed by atoms with Crippen molar-refractivity contribution in [3.8, 4) is 0 Å². The first-order valence-corrected chi connectivity index (χ1v) is 4.79. The van der Waals surface area contributed by atoms with Gasteiger partial charge in [-0.25, -0.2) is 0 Å². The summed E-state index contributed by atoms with van der Waals surface area (Å²) >= 11 is 0. The van der Waals surface area contributed by atoms with Gasteiger partial charge in [-0.2, -0.15) is 8.42 Å². The van der Waals surface area contributed by atoms with Crippen molar-refractivity contribution in [1.82, 2.24) is 0 Å². The van der Waals surface area contributed by atoms with E-state index in [1.807, 2.05) is 6.07 Å². The fourth-order valence-electron chi connectivity index (χ4n) is 0.729. The van der Waals surface area contributed by atoms with Crippen molar-refractivity contribution >= 4 is 16.2 Å². The van der Waals surface area contributed by atoms with Crippen LogP contribution in [-0.2, 0) is 10.1 Å². The Kier molecular flexibility index (Phi) is 2.62. The molecule has 0 amide bonds. The summed E-state index contributed by atoms with van der Waals surface area (Å²) in [6.07, 6.45) is 1.33. The zero-order valence-electron chi connectivity index (χ0n) is 6.21. The highest BCUT2D eigenvalue weighted by molar-refractivity contribution is 7.88. The molecule has 0 atom stereocenters. The lowest BCUT2D eigenvalue weighted by Crippen LogP contribution is -1.88. The van der Waals surface area contributed by atoms with Crippen LogP contribution in [0.3, 0.4) is 0 Å². The summed E-state index contributed by atoms with van der Waals surface area (Å²) in [6.45, 7) is 0. The molecule has 0 aliphatic rings. The standard InChI is InChI=1S/C8H8O3S/c9-12(10,11)7-6-8-4-2-1-3-5-8/h1-7H,(H,9,10,11)/b7-6-. The Bertz CT molecular complexity index is 365. The molecule has 64 valence electrons. The van der Waals surface area contributed by atoms with Crippen LogP contribution in [0.25, 0.3) is 6.08 Å². The fraction of sp³-hybridized carbons (Fsp3) is 0. The van der Waals surface area contributed by atoms with Crippen LogP contribution >= 0.6 is 0 Å². The van der Waals surface area contributed by atoms with Crippen LogP contribution in [0.2, 0.25) is 0 Å². The molecule has 0 fully saturated rings. The van der Waals surface area contributed by atoms with E-state index in [1.54, 1.807) is 24.3 Å². The number of hydrogen-bond donors (Lipinski definition) is 1. The van der Waals surface area contributed by atoms with Crippen molar-refractivity contribution in [3.63, 3.8) is 0 Å². The second-order valence-corrected chi connectivity index (χ2v) is 3.53. The third kappa shape index (κ3) is 3.32. The second-order valence-electron chi connectivity index (χ2n) is 2.23. The molecule has 1 aromatic rings. The number of benzene rings is 1. The van der Waals surface area contributed by atoms with Gasteiger partial charge in [-0.05, 0) is 11.6 Å². The predicted octanol–water partition coefficient (Wildman–Crippen LogP) is 1.55. The maximum atomic E-state index is 10.3. The Hall–Kier alpha value is -1.13. The molecular formula is C8H8O3S. The van der Waals surface area contributed by atoms with Gasteiger partial charge in [0.15, 0.2) is 0 Å². The van der Waals surface area contributed by atoms with Crippen LogP contribution < -0.4 is 0 Å². The highest BCUT2D eigenvalue weighted by atomic mass is 32.2. The lowest BCUT2D eigenvalue weighted by molar-refractivity contribution is 0.494. The van der Waals surface area contributed by atoms with Crippen molar-refractivity contribution in [3.05, 3.63) is 41.3 Å². The largest absolute Gasteiger partial charge is 0.287 e. The van der Waals surface area contributed by atoms with Crippen LogP contribution in [0.5, 0.6) is 0 Å². The molecule has 0 saturated carbocycles. The summed E-state index contributed by atoms with van der Waals surface area (Å²) in [4.78, 5) is 0. The SMILES string of the molecule is O=S(=O)(O)/C=C\c1ccccc1. The van der Waals surface area contributed by atoms with Gasteiger partial charge < -0.3 is 0 Å². The van der Waals surface area contributed by atoms with Crippen LogP contribution in [0.4, 0.5) is 0 Å². The minimum Gasteiger partial charge on any atom is -0.282 e. The quantitative estimate of drug-likeness (QED) is 0.709. The van der Waals surface area contributed by atoms with E-state index in [1.165, 1.54) is 6.08 Å². The first kappa shape index (κ1) is 8.96. The fourth-order valence-corrected chi connectivity index (χ4v) is 1.06. The number of rotatable bonds is 2. The molecule has 1 N–H and O–H groups in total. The third-order valence-electron chi connectivity index (χ3n) is 1.23. The Morgan fingerprint density at radius 2 is 1.75 bits per heavy atom. The van der Waals surface area contributed by atoms with Gasteiger partial charge in [0.1, 0.15) is 0 Å². The van der Waals surface area contributed by atoms with Crippen molar-refractivity contribution in [1.29, 1.82) is 0 Å². The van der Waals surface area contributed by atoms with Gasteiger partial charge in [-0.15, -0.1) is 0 Å².